The van der Waals surface area contributed by atoms with Gasteiger partial charge in [-0.3, -0.25) is 4.18 Å². The molecular weight excluding hydrogens is 318 g/mol. The predicted octanol–water partition coefficient (Wildman–Crippen LogP) is 2.53. The van der Waals surface area contributed by atoms with E-state index >= 15 is 0 Å². The Kier molecular flexibility index (Phi) is 4.79. The Balaban J connectivity index is 2.38. The highest BCUT2D eigenvalue weighted by Crippen LogP contribution is 2.45. The predicted molar refractivity (Wildman–Crippen MR) is 78.3 cm³/mol. The second kappa shape index (κ2) is 6.10. The van der Waals surface area contributed by atoms with Crippen molar-refractivity contribution in [1.29, 1.82) is 0 Å². The number of para-hydroxylation sites is 1. The van der Waals surface area contributed by atoms with Gasteiger partial charge in [0.05, 0.1) is 11.6 Å². The van der Waals surface area contributed by atoms with Crippen LogP contribution in [0.1, 0.15) is 38.4 Å². The van der Waals surface area contributed by atoms with Gasteiger partial charge >= 0.3 is 10.3 Å². The van der Waals surface area contributed by atoms with E-state index in [9.17, 15) is 8.42 Å². The molecule has 0 amide bonds. The molecular formula is C13H18ClNO5S. The Hall–Kier alpha value is -0.860. The lowest BCUT2D eigenvalue weighted by atomic mass is 10.0. The third-order valence-corrected chi connectivity index (χ3v) is 4.21. The van der Waals surface area contributed by atoms with E-state index in [1.807, 2.05) is 13.8 Å². The molecule has 0 saturated carbocycles. The van der Waals surface area contributed by atoms with Gasteiger partial charge in [0, 0.05) is 18.4 Å². The molecule has 8 heteroatoms. The molecule has 0 unspecified atom stereocenters. The standard InChI is InChI=1S/C13H18ClNO5S/c1-3-13(4-2)19-11(8-18-21(15,16)17)9-6-5-7-10(14)12(9)20-13/h5-7,11H,3-4,8H2,1-2H3,(H2,15,16,17)/t11-/m0/s1. The molecule has 0 saturated heterocycles. The highest BCUT2D eigenvalue weighted by molar-refractivity contribution is 7.84. The van der Waals surface area contributed by atoms with Gasteiger partial charge in [-0.15, -0.1) is 0 Å². The first-order valence-corrected chi connectivity index (χ1v) is 8.47. The fraction of sp³-hybridized carbons (Fsp3) is 0.538. The van der Waals surface area contributed by atoms with E-state index in [0.717, 1.165) is 0 Å². The van der Waals surface area contributed by atoms with E-state index in [1.165, 1.54) is 0 Å². The van der Waals surface area contributed by atoms with Gasteiger partial charge in [-0.25, -0.2) is 5.14 Å². The molecule has 1 aromatic carbocycles. The van der Waals surface area contributed by atoms with Crippen LogP contribution in [0, 0.1) is 0 Å². The van der Waals surface area contributed by atoms with E-state index in [1.54, 1.807) is 18.2 Å². The maximum absolute atomic E-state index is 11.0. The van der Waals surface area contributed by atoms with Crippen molar-refractivity contribution in [3.8, 4) is 5.75 Å². The molecule has 0 aromatic heterocycles. The Morgan fingerprint density at radius 3 is 2.62 bits per heavy atom. The minimum Gasteiger partial charge on any atom is -0.460 e. The second-order valence-electron chi connectivity index (χ2n) is 4.76. The summed E-state index contributed by atoms with van der Waals surface area (Å²) in [6.45, 7) is 3.61. The summed E-state index contributed by atoms with van der Waals surface area (Å²) in [5, 5.41) is 5.32. The molecule has 6 nitrogen and oxygen atoms in total. The fourth-order valence-corrected chi connectivity index (χ4v) is 2.79. The average Bonchev–Trinajstić information content (AvgIpc) is 2.44. The van der Waals surface area contributed by atoms with Gasteiger partial charge in [0.2, 0.25) is 5.79 Å². The molecule has 1 aliphatic heterocycles. The maximum Gasteiger partial charge on any atom is 0.333 e. The molecule has 1 heterocycles. The molecule has 2 N–H and O–H groups in total. The lowest BCUT2D eigenvalue weighted by Crippen LogP contribution is -2.44. The van der Waals surface area contributed by atoms with Crippen molar-refractivity contribution in [3.63, 3.8) is 0 Å². The summed E-state index contributed by atoms with van der Waals surface area (Å²) in [4.78, 5) is 0. The van der Waals surface area contributed by atoms with Crippen molar-refractivity contribution in [2.24, 2.45) is 5.14 Å². The summed E-state index contributed by atoms with van der Waals surface area (Å²) in [6, 6.07) is 5.20. The van der Waals surface area contributed by atoms with E-state index < -0.39 is 22.2 Å². The molecule has 0 aliphatic carbocycles. The number of hydrogen-bond acceptors (Lipinski definition) is 5. The van der Waals surface area contributed by atoms with E-state index in [2.05, 4.69) is 4.18 Å². The second-order valence-corrected chi connectivity index (χ2v) is 6.39. The van der Waals surface area contributed by atoms with E-state index in [4.69, 9.17) is 26.2 Å². The fourth-order valence-electron chi connectivity index (χ4n) is 2.26. The van der Waals surface area contributed by atoms with Crippen LogP contribution in [0.2, 0.25) is 5.02 Å². The van der Waals surface area contributed by atoms with E-state index in [0.29, 0.717) is 29.2 Å². The van der Waals surface area contributed by atoms with Crippen LogP contribution >= 0.6 is 11.6 Å². The third kappa shape index (κ3) is 3.67. The smallest absolute Gasteiger partial charge is 0.333 e. The number of rotatable bonds is 5. The molecule has 1 aromatic rings. The maximum atomic E-state index is 11.0. The monoisotopic (exact) mass is 335 g/mol. The van der Waals surface area contributed by atoms with Crippen LogP contribution in [0.4, 0.5) is 0 Å². The molecule has 1 atom stereocenters. The van der Waals surface area contributed by atoms with Gasteiger partial charge < -0.3 is 9.47 Å². The zero-order chi connectivity index (χ0) is 15.7. The van der Waals surface area contributed by atoms with Crippen LogP contribution in [-0.4, -0.2) is 20.8 Å². The van der Waals surface area contributed by atoms with Gasteiger partial charge in [-0.2, -0.15) is 8.42 Å². The summed E-state index contributed by atoms with van der Waals surface area (Å²) >= 11 is 6.17. The minimum atomic E-state index is -4.04. The van der Waals surface area contributed by atoms with Crippen LogP contribution < -0.4 is 9.88 Å². The van der Waals surface area contributed by atoms with Crippen LogP contribution in [-0.2, 0) is 19.2 Å². The molecule has 0 radical (unpaired) electrons. The quantitative estimate of drug-likeness (QED) is 0.893. The zero-order valence-electron chi connectivity index (χ0n) is 11.8. The molecule has 0 fully saturated rings. The van der Waals surface area contributed by atoms with Crippen LogP contribution in [0.3, 0.4) is 0 Å². The molecule has 21 heavy (non-hydrogen) atoms. The highest BCUT2D eigenvalue weighted by Gasteiger charge is 2.40. The first-order chi connectivity index (χ1) is 9.80. The van der Waals surface area contributed by atoms with Gasteiger partial charge in [-0.1, -0.05) is 37.6 Å². The minimum absolute atomic E-state index is 0.225. The number of hydrogen-bond donors (Lipinski definition) is 1. The normalized spacial score (nSPS) is 20.7. The van der Waals surface area contributed by atoms with Crippen LogP contribution in [0.5, 0.6) is 5.75 Å². The number of nitrogens with two attached hydrogens (primary N) is 1. The zero-order valence-corrected chi connectivity index (χ0v) is 13.4. The Morgan fingerprint density at radius 2 is 2.05 bits per heavy atom. The number of fused-ring (bicyclic) bond motifs is 1. The van der Waals surface area contributed by atoms with Crippen molar-refractivity contribution >= 4 is 21.9 Å². The number of halogens is 1. The third-order valence-electron chi connectivity index (χ3n) is 3.45. The molecule has 2 rings (SSSR count). The van der Waals surface area contributed by atoms with Gasteiger partial charge in [0.25, 0.3) is 0 Å². The van der Waals surface area contributed by atoms with E-state index in [-0.39, 0.29) is 6.61 Å². The van der Waals surface area contributed by atoms with Gasteiger partial charge in [-0.05, 0) is 6.07 Å². The summed E-state index contributed by atoms with van der Waals surface area (Å²) in [6.07, 6.45) is 0.547. The average molecular weight is 336 g/mol. The Morgan fingerprint density at radius 1 is 1.38 bits per heavy atom. The molecule has 0 bridgehead atoms. The largest absolute Gasteiger partial charge is 0.460 e. The Bertz CT molecular complexity index is 615. The number of ether oxygens (including phenoxy) is 2. The SMILES string of the molecule is CCC1(CC)Oc2c(Cl)cccc2[C@H](COS(N)(=O)=O)O1. The summed E-state index contributed by atoms with van der Waals surface area (Å²) in [7, 11) is -4.04. The molecule has 0 spiro atoms. The topological polar surface area (TPSA) is 87.9 Å². The van der Waals surface area contributed by atoms with Gasteiger partial charge in [0.15, 0.2) is 0 Å². The molecule has 118 valence electrons. The summed E-state index contributed by atoms with van der Waals surface area (Å²) in [5.74, 6) is -0.359. The lowest BCUT2D eigenvalue weighted by molar-refractivity contribution is -0.238. The summed E-state index contributed by atoms with van der Waals surface area (Å²) < 4.78 is 38.5. The summed E-state index contributed by atoms with van der Waals surface area (Å²) in [5.41, 5.74) is 0.642. The van der Waals surface area contributed by atoms with Crippen molar-refractivity contribution in [2.75, 3.05) is 6.61 Å². The number of benzene rings is 1. The first-order valence-electron chi connectivity index (χ1n) is 6.62. The van der Waals surface area contributed by atoms with Crippen molar-refractivity contribution in [3.05, 3.63) is 28.8 Å². The van der Waals surface area contributed by atoms with Crippen LogP contribution in [0.15, 0.2) is 18.2 Å². The lowest BCUT2D eigenvalue weighted by Gasteiger charge is -2.41. The highest BCUT2D eigenvalue weighted by atomic mass is 35.5. The van der Waals surface area contributed by atoms with Gasteiger partial charge in [0.1, 0.15) is 11.9 Å². The van der Waals surface area contributed by atoms with Crippen LogP contribution in [0.25, 0.3) is 0 Å². The first kappa shape index (κ1) is 16.5. The van der Waals surface area contributed by atoms with Crippen molar-refractivity contribution in [1.82, 2.24) is 0 Å². The molecule has 1 aliphatic rings. The van der Waals surface area contributed by atoms with Crippen molar-refractivity contribution in [2.45, 2.75) is 38.6 Å². The van der Waals surface area contributed by atoms with Crippen molar-refractivity contribution < 1.29 is 22.1 Å². The Labute approximate surface area is 129 Å².